The molecule has 0 spiro atoms. The van der Waals surface area contributed by atoms with Crippen LogP contribution >= 0.6 is 0 Å². The molecule has 3 heterocycles. The highest BCUT2D eigenvalue weighted by Crippen LogP contribution is 2.42. The fraction of sp³-hybridized carbons (Fsp3) is 0.391. The summed E-state index contributed by atoms with van der Waals surface area (Å²) in [5.41, 5.74) is 4.91. The van der Waals surface area contributed by atoms with Gasteiger partial charge in [0.25, 0.3) is 0 Å². The second-order valence-electron chi connectivity index (χ2n) is 8.09. The van der Waals surface area contributed by atoms with Crippen molar-refractivity contribution in [2.45, 2.75) is 18.9 Å². The first kappa shape index (κ1) is 16.8. The van der Waals surface area contributed by atoms with E-state index >= 15 is 0 Å². The Hall–Kier alpha value is -2.30. The minimum absolute atomic E-state index is 0.148. The van der Waals surface area contributed by atoms with E-state index in [1.54, 1.807) is 0 Å². The number of para-hydroxylation sites is 1. The minimum Gasteiger partial charge on any atom is -0.460 e. The lowest BCUT2D eigenvalue weighted by Gasteiger charge is -2.40. The molecule has 27 heavy (non-hydrogen) atoms. The van der Waals surface area contributed by atoms with Gasteiger partial charge in [-0.2, -0.15) is 0 Å². The van der Waals surface area contributed by atoms with Gasteiger partial charge in [0.2, 0.25) is 0 Å². The summed E-state index contributed by atoms with van der Waals surface area (Å²) in [6, 6.07) is 17.5. The number of morpholine rings is 1. The molecular formula is C23H26N2O2. The molecule has 2 aromatic carbocycles. The summed E-state index contributed by atoms with van der Waals surface area (Å²) in [7, 11) is 2.20. The zero-order chi connectivity index (χ0) is 18.4. The van der Waals surface area contributed by atoms with E-state index < -0.39 is 0 Å². The molecule has 4 heteroatoms. The van der Waals surface area contributed by atoms with E-state index in [0.717, 1.165) is 50.7 Å². The van der Waals surface area contributed by atoms with Gasteiger partial charge < -0.3 is 19.0 Å². The van der Waals surface area contributed by atoms with Crippen LogP contribution in [0.2, 0.25) is 0 Å². The predicted molar refractivity (Wildman–Crippen MR) is 108 cm³/mol. The predicted octanol–water partition coefficient (Wildman–Crippen LogP) is 4.02. The topological polar surface area (TPSA) is 28.9 Å². The van der Waals surface area contributed by atoms with E-state index in [0.29, 0.717) is 0 Å². The highest BCUT2D eigenvalue weighted by Gasteiger charge is 2.39. The van der Waals surface area contributed by atoms with E-state index in [4.69, 9.17) is 9.15 Å². The number of rotatable bonds is 2. The fourth-order valence-electron chi connectivity index (χ4n) is 4.70. The van der Waals surface area contributed by atoms with Crippen molar-refractivity contribution in [2.75, 3.05) is 44.8 Å². The average Bonchev–Trinajstić information content (AvgIpc) is 3.13. The normalized spacial score (nSPS) is 23.6. The number of hydrogen-bond acceptors (Lipinski definition) is 4. The third-order valence-corrected chi connectivity index (χ3v) is 6.06. The standard InChI is InChI=1S/C23H26N2O2/c1-23(22-14-17-5-3-4-6-21(17)27-22)16-24(2)15-18-13-19(7-8-20(18)23)25-9-11-26-12-10-25/h3-8,13-14H,9-12,15-16H2,1-2H3. The van der Waals surface area contributed by atoms with E-state index in [1.165, 1.54) is 22.2 Å². The number of furan rings is 1. The molecule has 0 bridgehead atoms. The first-order valence-corrected chi connectivity index (χ1v) is 9.77. The van der Waals surface area contributed by atoms with Crippen molar-refractivity contribution in [3.63, 3.8) is 0 Å². The van der Waals surface area contributed by atoms with Gasteiger partial charge >= 0.3 is 0 Å². The SMILES string of the molecule is CN1Cc2cc(N3CCOCC3)ccc2C(C)(c2cc3ccccc3o2)C1. The van der Waals surface area contributed by atoms with Gasteiger partial charge in [-0.25, -0.2) is 0 Å². The Morgan fingerprint density at radius 1 is 1.00 bits per heavy atom. The molecule has 1 saturated heterocycles. The van der Waals surface area contributed by atoms with Gasteiger partial charge in [-0.3, -0.25) is 0 Å². The zero-order valence-corrected chi connectivity index (χ0v) is 16.1. The van der Waals surface area contributed by atoms with Crippen molar-refractivity contribution in [2.24, 2.45) is 0 Å². The van der Waals surface area contributed by atoms with Gasteiger partial charge in [-0.15, -0.1) is 0 Å². The molecule has 1 atom stereocenters. The number of hydrogen-bond donors (Lipinski definition) is 0. The van der Waals surface area contributed by atoms with Gasteiger partial charge in [0.15, 0.2) is 0 Å². The first-order valence-electron chi connectivity index (χ1n) is 9.77. The summed E-state index contributed by atoms with van der Waals surface area (Å²) in [5, 5.41) is 1.17. The lowest BCUT2D eigenvalue weighted by atomic mass is 9.74. The molecule has 1 aromatic heterocycles. The number of ether oxygens (including phenoxy) is 1. The van der Waals surface area contributed by atoms with Crippen molar-refractivity contribution >= 4 is 16.7 Å². The van der Waals surface area contributed by atoms with Crippen LogP contribution in [0.4, 0.5) is 5.69 Å². The van der Waals surface area contributed by atoms with Gasteiger partial charge in [-0.1, -0.05) is 24.3 Å². The zero-order valence-electron chi connectivity index (χ0n) is 16.1. The largest absolute Gasteiger partial charge is 0.460 e. The molecule has 0 aliphatic carbocycles. The Morgan fingerprint density at radius 2 is 1.81 bits per heavy atom. The highest BCUT2D eigenvalue weighted by atomic mass is 16.5. The van der Waals surface area contributed by atoms with Crippen molar-refractivity contribution < 1.29 is 9.15 Å². The maximum absolute atomic E-state index is 6.31. The van der Waals surface area contributed by atoms with Gasteiger partial charge in [0, 0.05) is 37.3 Å². The molecule has 0 amide bonds. The van der Waals surface area contributed by atoms with Gasteiger partial charge in [0.05, 0.1) is 18.6 Å². The smallest absolute Gasteiger partial charge is 0.134 e. The van der Waals surface area contributed by atoms with E-state index in [1.807, 2.05) is 6.07 Å². The number of benzene rings is 2. The minimum atomic E-state index is -0.148. The molecule has 5 rings (SSSR count). The van der Waals surface area contributed by atoms with Crippen LogP contribution in [0.5, 0.6) is 0 Å². The highest BCUT2D eigenvalue weighted by molar-refractivity contribution is 5.78. The van der Waals surface area contributed by atoms with E-state index in [-0.39, 0.29) is 5.41 Å². The lowest BCUT2D eigenvalue weighted by molar-refractivity contribution is 0.122. The lowest BCUT2D eigenvalue weighted by Crippen LogP contribution is -2.43. The molecule has 0 N–H and O–H groups in total. The van der Waals surface area contributed by atoms with E-state index in [2.05, 4.69) is 66.2 Å². The number of nitrogens with zero attached hydrogens (tertiary/aromatic N) is 2. The third kappa shape index (κ3) is 2.84. The van der Waals surface area contributed by atoms with Crippen molar-refractivity contribution in [3.8, 4) is 0 Å². The summed E-state index contributed by atoms with van der Waals surface area (Å²) < 4.78 is 11.8. The Bertz CT molecular complexity index is 940. The number of anilines is 1. The molecule has 1 fully saturated rings. The van der Waals surface area contributed by atoms with Crippen molar-refractivity contribution in [3.05, 3.63) is 65.4 Å². The molecule has 4 nitrogen and oxygen atoms in total. The van der Waals surface area contributed by atoms with Crippen LogP contribution in [0.25, 0.3) is 11.0 Å². The van der Waals surface area contributed by atoms with E-state index in [9.17, 15) is 0 Å². The summed E-state index contributed by atoms with van der Waals surface area (Å²) in [4.78, 5) is 4.83. The summed E-state index contributed by atoms with van der Waals surface area (Å²) >= 11 is 0. The average molecular weight is 362 g/mol. The van der Waals surface area contributed by atoms with Crippen LogP contribution in [-0.4, -0.2) is 44.8 Å². The Balaban J connectivity index is 1.58. The first-order chi connectivity index (χ1) is 13.1. The van der Waals surface area contributed by atoms with Crippen LogP contribution in [0.1, 0.15) is 23.8 Å². The quantitative estimate of drug-likeness (QED) is 0.688. The van der Waals surface area contributed by atoms with Crippen LogP contribution in [0, 0.1) is 0 Å². The maximum atomic E-state index is 6.31. The molecular weight excluding hydrogens is 336 g/mol. The summed E-state index contributed by atoms with van der Waals surface area (Å²) in [6.07, 6.45) is 0. The Kier molecular flexibility index (Phi) is 3.99. The Morgan fingerprint density at radius 3 is 2.63 bits per heavy atom. The monoisotopic (exact) mass is 362 g/mol. The molecule has 1 unspecified atom stereocenters. The maximum Gasteiger partial charge on any atom is 0.134 e. The summed E-state index contributed by atoms with van der Waals surface area (Å²) in [5.74, 6) is 1.05. The van der Waals surface area contributed by atoms with Crippen LogP contribution in [0.3, 0.4) is 0 Å². The number of fused-ring (bicyclic) bond motifs is 2. The summed E-state index contributed by atoms with van der Waals surface area (Å²) in [6.45, 7) is 7.81. The second-order valence-corrected chi connectivity index (χ2v) is 8.09. The molecule has 2 aliphatic heterocycles. The third-order valence-electron chi connectivity index (χ3n) is 6.06. The second kappa shape index (κ2) is 6.39. The molecule has 2 aliphatic rings. The Labute approximate surface area is 160 Å². The molecule has 0 radical (unpaired) electrons. The van der Waals surface area contributed by atoms with Gasteiger partial charge in [0.1, 0.15) is 11.3 Å². The van der Waals surface area contributed by atoms with Crippen LogP contribution < -0.4 is 4.90 Å². The van der Waals surface area contributed by atoms with Crippen molar-refractivity contribution in [1.29, 1.82) is 0 Å². The molecule has 3 aromatic rings. The van der Waals surface area contributed by atoms with Crippen molar-refractivity contribution in [1.82, 2.24) is 4.90 Å². The molecule has 140 valence electrons. The fourth-order valence-corrected chi connectivity index (χ4v) is 4.70. The molecule has 0 saturated carbocycles. The van der Waals surface area contributed by atoms with Crippen LogP contribution in [0.15, 0.2) is 52.9 Å². The van der Waals surface area contributed by atoms with Crippen LogP contribution in [-0.2, 0) is 16.7 Å². The number of likely N-dealkylation sites (N-methyl/N-ethyl adjacent to an activating group) is 1. The van der Waals surface area contributed by atoms with Gasteiger partial charge in [-0.05, 0) is 49.4 Å².